The molecule has 15 heavy (non-hydrogen) atoms. The molecule has 0 atom stereocenters. The van der Waals surface area contributed by atoms with E-state index in [1.807, 2.05) is 18.4 Å². The number of benzene rings is 1. The summed E-state index contributed by atoms with van der Waals surface area (Å²) in [5, 5.41) is 5.92. The number of aromatic nitrogens is 1. The normalized spacial score (nSPS) is 10.3. The molecule has 0 bridgehead atoms. The molecule has 1 aromatic heterocycles. The lowest BCUT2D eigenvalue weighted by molar-refractivity contribution is 0.629. The third-order valence-corrected chi connectivity index (χ3v) is 2.90. The number of rotatable bonds is 3. The van der Waals surface area contributed by atoms with Crippen LogP contribution in [0.25, 0.3) is 0 Å². The molecule has 2 aromatic rings. The largest absolute Gasteiger partial charge is 0.376 e. The lowest BCUT2D eigenvalue weighted by Gasteiger charge is -2.08. The van der Waals surface area contributed by atoms with Crippen molar-refractivity contribution in [2.45, 2.75) is 13.5 Å². The van der Waals surface area contributed by atoms with Crippen molar-refractivity contribution in [2.75, 3.05) is 5.32 Å². The summed E-state index contributed by atoms with van der Waals surface area (Å²) in [5.74, 6) is -0.216. The maximum Gasteiger partial charge on any atom is 0.146 e. The number of nitrogens with one attached hydrogen (secondary N) is 1. The molecule has 2 nitrogen and oxygen atoms in total. The van der Waals surface area contributed by atoms with E-state index in [1.165, 1.54) is 6.07 Å². The van der Waals surface area contributed by atoms with Crippen molar-refractivity contribution >= 4 is 17.0 Å². The molecule has 4 heteroatoms. The van der Waals surface area contributed by atoms with Gasteiger partial charge in [-0.1, -0.05) is 12.1 Å². The van der Waals surface area contributed by atoms with Crippen LogP contribution in [0.5, 0.6) is 0 Å². The van der Waals surface area contributed by atoms with Crippen LogP contribution in [0.4, 0.5) is 10.1 Å². The molecule has 2 rings (SSSR count). The average molecular weight is 222 g/mol. The summed E-state index contributed by atoms with van der Waals surface area (Å²) in [7, 11) is 0. The Bertz CT molecular complexity index is 420. The topological polar surface area (TPSA) is 24.9 Å². The summed E-state index contributed by atoms with van der Waals surface area (Å²) in [6.45, 7) is 2.45. The molecule has 0 saturated carbocycles. The van der Waals surface area contributed by atoms with Crippen molar-refractivity contribution in [1.29, 1.82) is 0 Å². The Morgan fingerprint density at radius 1 is 1.47 bits per heavy atom. The van der Waals surface area contributed by atoms with Crippen LogP contribution in [0.2, 0.25) is 0 Å². The molecule has 0 aliphatic rings. The lowest BCUT2D eigenvalue weighted by Crippen LogP contribution is -2.02. The van der Waals surface area contributed by atoms with Crippen LogP contribution in [0.1, 0.15) is 10.6 Å². The van der Waals surface area contributed by atoms with Gasteiger partial charge in [-0.05, 0) is 18.6 Å². The van der Waals surface area contributed by atoms with Crippen LogP contribution in [0, 0.1) is 12.7 Å². The van der Waals surface area contributed by atoms with Crippen LogP contribution in [0.3, 0.4) is 0 Å². The van der Waals surface area contributed by atoms with Gasteiger partial charge in [0.05, 0.1) is 12.2 Å². The highest BCUT2D eigenvalue weighted by Crippen LogP contribution is 2.19. The van der Waals surface area contributed by atoms with Crippen molar-refractivity contribution in [3.8, 4) is 0 Å². The standard InChI is InChI=1S/C11H11FN2S/c1-8-3-2-4-9(12)11(8)14-7-10-13-5-6-15-10/h2-6,14H,7H2,1H3. The molecule has 1 heterocycles. The lowest BCUT2D eigenvalue weighted by atomic mass is 10.2. The molecule has 0 saturated heterocycles. The molecule has 0 amide bonds. The Morgan fingerprint density at radius 3 is 3.00 bits per heavy atom. The van der Waals surface area contributed by atoms with Gasteiger partial charge in [0.15, 0.2) is 0 Å². The number of para-hydroxylation sites is 1. The molecular weight excluding hydrogens is 211 g/mol. The van der Waals surface area contributed by atoms with Gasteiger partial charge in [0.2, 0.25) is 0 Å². The van der Waals surface area contributed by atoms with E-state index in [4.69, 9.17) is 0 Å². The van der Waals surface area contributed by atoms with E-state index in [1.54, 1.807) is 23.6 Å². The highest BCUT2D eigenvalue weighted by molar-refractivity contribution is 7.09. The van der Waals surface area contributed by atoms with Crippen LogP contribution < -0.4 is 5.32 Å². The van der Waals surface area contributed by atoms with Crippen LogP contribution in [0.15, 0.2) is 29.8 Å². The first-order valence-corrected chi connectivity index (χ1v) is 5.52. The van der Waals surface area contributed by atoms with E-state index >= 15 is 0 Å². The predicted octanol–water partition coefficient (Wildman–Crippen LogP) is 3.20. The maximum absolute atomic E-state index is 13.4. The fourth-order valence-corrected chi connectivity index (χ4v) is 1.92. The van der Waals surface area contributed by atoms with Crippen LogP contribution in [-0.4, -0.2) is 4.98 Å². The summed E-state index contributed by atoms with van der Waals surface area (Å²) in [6, 6.07) is 5.05. The quantitative estimate of drug-likeness (QED) is 0.862. The van der Waals surface area contributed by atoms with Crippen molar-refractivity contribution in [2.24, 2.45) is 0 Å². The third kappa shape index (κ3) is 2.33. The zero-order valence-corrected chi connectivity index (χ0v) is 9.14. The van der Waals surface area contributed by atoms with Gasteiger partial charge in [0, 0.05) is 11.6 Å². The van der Waals surface area contributed by atoms with E-state index in [2.05, 4.69) is 10.3 Å². The molecule has 1 aromatic carbocycles. The van der Waals surface area contributed by atoms with E-state index in [9.17, 15) is 4.39 Å². The minimum Gasteiger partial charge on any atom is -0.376 e. The minimum atomic E-state index is -0.216. The van der Waals surface area contributed by atoms with Gasteiger partial charge >= 0.3 is 0 Å². The Balaban J connectivity index is 2.11. The monoisotopic (exact) mass is 222 g/mol. The number of hydrogen-bond acceptors (Lipinski definition) is 3. The second-order valence-corrected chi connectivity index (χ2v) is 4.19. The van der Waals surface area contributed by atoms with Crippen molar-refractivity contribution in [3.05, 3.63) is 46.2 Å². The molecule has 0 fully saturated rings. The molecule has 0 spiro atoms. The third-order valence-electron chi connectivity index (χ3n) is 2.12. The number of halogens is 1. The second kappa shape index (κ2) is 4.40. The Morgan fingerprint density at radius 2 is 2.33 bits per heavy atom. The van der Waals surface area contributed by atoms with Gasteiger partial charge in [0.1, 0.15) is 10.8 Å². The molecular formula is C11H11FN2S. The molecule has 1 N–H and O–H groups in total. The predicted molar refractivity (Wildman–Crippen MR) is 60.6 cm³/mol. The number of anilines is 1. The summed E-state index contributed by atoms with van der Waals surface area (Å²) >= 11 is 1.56. The van der Waals surface area contributed by atoms with E-state index in [-0.39, 0.29) is 5.82 Å². The van der Waals surface area contributed by atoms with Gasteiger partial charge in [0.25, 0.3) is 0 Å². The minimum absolute atomic E-state index is 0.216. The summed E-state index contributed by atoms with van der Waals surface area (Å²) in [5.41, 5.74) is 1.47. The van der Waals surface area contributed by atoms with Gasteiger partial charge in [-0.2, -0.15) is 0 Å². The van der Waals surface area contributed by atoms with Crippen molar-refractivity contribution < 1.29 is 4.39 Å². The highest BCUT2D eigenvalue weighted by Gasteiger charge is 2.04. The second-order valence-electron chi connectivity index (χ2n) is 3.21. The van der Waals surface area contributed by atoms with E-state index in [0.717, 1.165) is 10.6 Å². The van der Waals surface area contributed by atoms with Gasteiger partial charge in [-0.25, -0.2) is 9.37 Å². The van der Waals surface area contributed by atoms with Crippen molar-refractivity contribution in [1.82, 2.24) is 4.98 Å². The van der Waals surface area contributed by atoms with E-state index < -0.39 is 0 Å². The molecule has 0 aliphatic heterocycles. The zero-order valence-electron chi connectivity index (χ0n) is 8.33. The molecule has 78 valence electrons. The summed E-state index contributed by atoms with van der Waals surface area (Å²) in [4.78, 5) is 4.12. The number of thiazole rings is 1. The fraction of sp³-hybridized carbons (Fsp3) is 0.182. The van der Waals surface area contributed by atoms with Gasteiger partial charge in [-0.15, -0.1) is 11.3 Å². The SMILES string of the molecule is Cc1cccc(F)c1NCc1nccs1. The first-order chi connectivity index (χ1) is 7.27. The van der Waals surface area contributed by atoms with Crippen LogP contribution in [-0.2, 0) is 6.54 Å². The average Bonchev–Trinajstić information content (AvgIpc) is 2.70. The molecule has 0 aliphatic carbocycles. The summed E-state index contributed by atoms with van der Waals surface area (Å²) < 4.78 is 13.4. The number of hydrogen-bond donors (Lipinski definition) is 1. The Hall–Kier alpha value is -1.42. The van der Waals surface area contributed by atoms with E-state index in [0.29, 0.717) is 12.2 Å². The first-order valence-electron chi connectivity index (χ1n) is 4.65. The summed E-state index contributed by atoms with van der Waals surface area (Å²) in [6.07, 6.45) is 1.75. The number of aryl methyl sites for hydroxylation is 1. The molecule has 0 radical (unpaired) electrons. The van der Waals surface area contributed by atoms with Gasteiger partial charge in [-0.3, -0.25) is 0 Å². The fourth-order valence-electron chi connectivity index (χ4n) is 1.36. The van der Waals surface area contributed by atoms with Gasteiger partial charge < -0.3 is 5.32 Å². The molecule has 0 unspecified atom stereocenters. The zero-order chi connectivity index (χ0) is 10.7. The highest BCUT2D eigenvalue weighted by atomic mass is 32.1. The first kappa shape index (κ1) is 10.1. The number of nitrogens with zero attached hydrogens (tertiary/aromatic N) is 1. The van der Waals surface area contributed by atoms with Crippen molar-refractivity contribution in [3.63, 3.8) is 0 Å². The van der Waals surface area contributed by atoms with Crippen LogP contribution >= 0.6 is 11.3 Å². The Labute approximate surface area is 91.8 Å². The Kier molecular flexibility index (Phi) is 2.97. The maximum atomic E-state index is 13.4. The smallest absolute Gasteiger partial charge is 0.146 e.